The van der Waals surface area contributed by atoms with E-state index in [2.05, 4.69) is 15.5 Å². The van der Waals surface area contributed by atoms with Crippen molar-refractivity contribution in [3.8, 4) is 0 Å². The summed E-state index contributed by atoms with van der Waals surface area (Å²) >= 11 is 1.20. The maximum atomic E-state index is 13.0. The summed E-state index contributed by atoms with van der Waals surface area (Å²) in [5, 5.41) is 6.15. The number of thioether (sulfide) groups is 1. The Morgan fingerprint density at radius 1 is 1.26 bits per heavy atom. The zero-order valence-electron chi connectivity index (χ0n) is 12.8. The van der Waals surface area contributed by atoms with Crippen LogP contribution in [-0.4, -0.2) is 55.8 Å². The van der Waals surface area contributed by atoms with Crippen LogP contribution in [0, 0.1) is 11.6 Å². The number of hydrogen-bond acceptors (Lipinski definition) is 4. The van der Waals surface area contributed by atoms with E-state index in [4.69, 9.17) is 0 Å². The van der Waals surface area contributed by atoms with Gasteiger partial charge in [0.25, 0.3) is 0 Å². The van der Waals surface area contributed by atoms with Crippen molar-refractivity contribution in [3.05, 3.63) is 29.8 Å². The third-order valence-electron chi connectivity index (χ3n) is 3.44. The third-order valence-corrected chi connectivity index (χ3v) is 4.44. The highest BCUT2D eigenvalue weighted by molar-refractivity contribution is 8.00. The van der Waals surface area contributed by atoms with Crippen molar-refractivity contribution in [2.45, 2.75) is 11.3 Å². The first kappa shape index (κ1) is 20.2. The van der Waals surface area contributed by atoms with Crippen LogP contribution in [-0.2, 0) is 4.79 Å². The number of nitrogens with zero attached hydrogens (tertiary/aromatic N) is 1. The van der Waals surface area contributed by atoms with Crippen LogP contribution in [0.3, 0.4) is 0 Å². The standard InChI is InChI=1S/C15H21F2N3OS.ClH/c16-13-3-2-12(10-14(13)17)22-11-15(21)19-4-1-7-20-8-5-18-6-9-20;/h2-3,10,18H,1,4-9,11H2,(H,19,21);1H. The number of nitrogens with one attached hydrogen (secondary N) is 2. The van der Waals surface area contributed by atoms with E-state index in [9.17, 15) is 13.6 Å². The molecule has 0 aromatic heterocycles. The number of carbonyl (C=O) groups is 1. The summed E-state index contributed by atoms with van der Waals surface area (Å²) in [5.74, 6) is -1.64. The van der Waals surface area contributed by atoms with Gasteiger partial charge in [0.2, 0.25) is 5.91 Å². The van der Waals surface area contributed by atoms with Crippen molar-refractivity contribution in [2.75, 3.05) is 45.0 Å². The first-order chi connectivity index (χ1) is 10.6. The molecule has 1 aliphatic rings. The van der Waals surface area contributed by atoms with Gasteiger partial charge in [-0.1, -0.05) is 0 Å². The van der Waals surface area contributed by atoms with E-state index in [1.807, 2.05) is 0 Å². The van der Waals surface area contributed by atoms with Crippen molar-refractivity contribution >= 4 is 30.1 Å². The molecular formula is C15H22ClF2N3OS. The Morgan fingerprint density at radius 2 is 2.00 bits per heavy atom. The molecule has 1 aliphatic heterocycles. The van der Waals surface area contributed by atoms with Gasteiger partial charge >= 0.3 is 0 Å². The summed E-state index contributed by atoms with van der Waals surface area (Å²) in [6, 6.07) is 3.65. The van der Waals surface area contributed by atoms with Gasteiger partial charge in [0.1, 0.15) is 0 Å². The molecule has 0 bridgehead atoms. The van der Waals surface area contributed by atoms with Gasteiger partial charge in [-0.15, -0.1) is 24.2 Å². The predicted molar refractivity (Wildman–Crippen MR) is 91.3 cm³/mol. The fourth-order valence-electron chi connectivity index (χ4n) is 2.23. The van der Waals surface area contributed by atoms with Crippen LogP contribution in [0.4, 0.5) is 8.78 Å². The molecule has 1 saturated heterocycles. The molecule has 1 aromatic rings. The summed E-state index contributed by atoms with van der Waals surface area (Å²) in [7, 11) is 0. The fraction of sp³-hybridized carbons (Fsp3) is 0.533. The second-order valence-electron chi connectivity index (χ2n) is 5.16. The molecule has 23 heavy (non-hydrogen) atoms. The quantitative estimate of drug-likeness (QED) is 0.572. The van der Waals surface area contributed by atoms with E-state index in [0.29, 0.717) is 11.4 Å². The number of amides is 1. The van der Waals surface area contributed by atoms with Gasteiger partial charge in [-0.25, -0.2) is 8.78 Å². The number of halogens is 3. The van der Waals surface area contributed by atoms with E-state index < -0.39 is 11.6 Å². The minimum absolute atomic E-state index is 0. The lowest BCUT2D eigenvalue weighted by atomic mass is 10.3. The molecule has 0 unspecified atom stereocenters. The van der Waals surface area contributed by atoms with Crippen LogP contribution in [0.5, 0.6) is 0 Å². The number of rotatable bonds is 7. The molecule has 1 amide bonds. The van der Waals surface area contributed by atoms with Gasteiger partial charge in [0.15, 0.2) is 11.6 Å². The largest absolute Gasteiger partial charge is 0.355 e. The summed E-state index contributed by atoms with van der Waals surface area (Å²) in [6.07, 6.45) is 0.918. The van der Waals surface area contributed by atoms with Crippen molar-refractivity contribution in [3.63, 3.8) is 0 Å². The normalized spacial score (nSPS) is 15.0. The van der Waals surface area contributed by atoms with Crippen LogP contribution in [0.25, 0.3) is 0 Å². The molecule has 0 spiro atoms. The summed E-state index contributed by atoms with van der Waals surface area (Å²) < 4.78 is 25.8. The second-order valence-corrected chi connectivity index (χ2v) is 6.21. The number of hydrogen-bond donors (Lipinski definition) is 2. The Labute approximate surface area is 145 Å². The van der Waals surface area contributed by atoms with Crippen molar-refractivity contribution < 1.29 is 13.6 Å². The smallest absolute Gasteiger partial charge is 0.230 e. The van der Waals surface area contributed by atoms with Gasteiger partial charge in [-0.05, 0) is 31.2 Å². The molecule has 0 aliphatic carbocycles. The van der Waals surface area contributed by atoms with Crippen LogP contribution in [0.1, 0.15) is 6.42 Å². The molecule has 8 heteroatoms. The fourth-order valence-corrected chi connectivity index (χ4v) is 2.98. The molecule has 2 N–H and O–H groups in total. The molecule has 4 nitrogen and oxygen atoms in total. The predicted octanol–water partition coefficient (Wildman–Crippen LogP) is 1.89. The van der Waals surface area contributed by atoms with Crippen LogP contribution >= 0.6 is 24.2 Å². The van der Waals surface area contributed by atoms with E-state index in [1.54, 1.807) is 0 Å². The lowest BCUT2D eigenvalue weighted by Gasteiger charge is -2.27. The van der Waals surface area contributed by atoms with E-state index in [-0.39, 0.29) is 24.1 Å². The van der Waals surface area contributed by atoms with E-state index >= 15 is 0 Å². The maximum absolute atomic E-state index is 13.0. The Bertz CT molecular complexity index is 502. The molecule has 1 aromatic carbocycles. The molecule has 1 heterocycles. The third kappa shape index (κ3) is 7.48. The molecule has 130 valence electrons. The van der Waals surface area contributed by atoms with Crippen molar-refractivity contribution in [1.82, 2.24) is 15.5 Å². The maximum Gasteiger partial charge on any atom is 0.230 e. The van der Waals surface area contributed by atoms with E-state index in [0.717, 1.165) is 51.3 Å². The average molecular weight is 366 g/mol. The molecule has 0 atom stereocenters. The minimum Gasteiger partial charge on any atom is -0.355 e. The van der Waals surface area contributed by atoms with E-state index in [1.165, 1.54) is 17.8 Å². The van der Waals surface area contributed by atoms with Crippen LogP contribution in [0.15, 0.2) is 23.1 Å². The number of benzene rings is 1. The Balaban J connectivity index is 0.00000264. The zero-order chi connectivity index (χ0) is 15.8. The lowest BCUT2D eigenvalue weighted by Crippen LogP contribution is -2.44. The van der Waals surface area contributed by atoms with Crippen molar-refractivity contribution in [1.29, 1.82) is 0 Å². The van der Waals surface area contributed by atoms with Crippen molar-refractivity contribution in [2.24, 2.45) is 0 Å². The highest BCUT2D eigenvalue weighted by atomic mass is 35.5. The van der Waals surface area contributed by atoms with Crippen LogP contribution in [0.2, 0.25) is 0 Å². The Hall–Kier alpha value is -0.890. The first-order valence-corrected chi connectivity index (χ1v) is 8.41. The first-order valence-electron chi connectivity index (χ1n) is 7.43. The molecule has 2 rings (SSSR count). The molecule has 1 fully saturated rings. The summed E-state index contributed by atoms with van der Waals surface area (Å²) in [5.41, 5.74) is 0. The van der Waals surface area contributed by atoms with Gasteiger partial charge in [-0.2, -0.15) is 0 Å². The highest BCUT2D eigenvalue weighted by Crippen LogP contribution is 2.19. The number of carbonyl (C=O) groups excluding carboxylic acids is 1. The zero-order valence-corrected chi connectivity index (χ0v) is 14.4. The second kappa shape index (κ2) is 10.8. The summed E-state index contributed by atoms with van der Waals surface area (Å²) in [4.78, 5) is 14.6. The topological polar surface area (TPSA) is 44.4 Å². The van der Waals surface area contributed by atoms with Crippen LogP contribution < -0.4 is 10.6 Å². The highest BCUT2D eigenvalue weighted by Gasteiger charge is 2.09. The van der Waals surface area contributed by atoms with Gasteiger partial charge in [0, 0.05) is 37.6 Å². The Kier molecular flexibility index (Phi) is 9.47. The number of piperazine rings is 1. The monoisotopic (exact) mass is 365 g/mol. The molecule has 0 saturated carbocycles. The summed E-state index contributed by atoms with van der Waals surface area (Å²) in [6.45, 7) is 5.79. The molecular weight excluding hydrogens is 344 g/mol. The molecule has 0 radical (unpaired) electrons. The average Bonchev–Trinajstić information content (AvgIpc) is 2.54. The Morgan fingerprint density at radius 3 is 2.70 bits per heavy atom. The SMILES string of the molecule is Cl.O=C(CSc1ccc(F)c(F)c1)NCCCN1CCNCC1. The van der Waals surface area contributed by atoms with Gasteiger partial charge < -0.3 is 15.5 Å². The van der Waals surface area contributed by atoms with Gasteiger partial charge in [0.05, 0.1) is 5.75 Å². The minimum atomic E-state index is -0.888. The van der Waals surface area contributed by atoms with Gasteiger partial charge in [-0.3, -0.25) is 4.79 Å². The lowest BCUT2D eigenvalue weighted by molar-refractivity contribution is -0.118.